The van der Waals surface area contributed by atoms with Crippen LogP contribution in [0.4, 0.5) is 18.9 Å². The number of nitrogens with one attached hydrogen (secondary N) is 1. The smallest absolute Gasteiger partial charge is 0.452 e. The number of hydrogen-bond acceptors (Lipinski definition) is 6. The zero-order valence-corrected chi connectivity index (χ0v) is 15.8. The van der Waals surface area contributed by atoms with Crippen molar-refractivity contribution < 1.29 is 40.7 Å². The van der Waals surface area contributed by atoms with Gasteiger partial charge in [0.2, 0.25) is 10.0 Å². The van der Waals surface area contributed by atoms with Crippen molar-refractivity contribution in [2.24, 2.45) is 5.14 Å². The van der Waals surface area contributed by atoms with E-state index in [4.69, 9.17) is 21.5 Å². The number of benzene rings is 2. The van der Waals surface area contributed by atoms with E-state index in [1.165, 1.54) is 0 Å². The summed E-state index contributed by atoms with van der Waals surface area (Å²) in [6.45, 7) is -0.768. The van der Waals surface area contributed by atoms with E-state index in [1.807, 2.05) is 0 Å². The number of primary sulfonamides is 1. The highest BCUT2D eigenvalue weighted by atomic mass is 35.5. The minimum atomic E-state index is -4.85. The van der Waals surface area contributed by atoms with Gasteiger partial charge in [0.05, 0.1) is 15.5 Å². The molecule has 3 N–H and O–H groups in total. The molecule has 0 saturated heterocycles. The van der Waals surface area contributed by atoms with Crippen LogP contribution in [0.25, 0.3) is 0 Å². The van der Waals surface area contributed by atoms with Crippen molar-refractivity contribution in [2.75, 3.05) is 11.9 Å². The Bertz CT molecular complexity index is 1030. The van der Waals surface area contributed by atoms with Crippen LogP contribution in [0.3, 0.4) is 0 Å². The van der Waals surface area contributed by atoms with Gasteiger partial charge in [-0.1, -0.05) is 11.6 Å². The van der Waals surface area contributed by atoms with Crippen molar-refractivity contribution >= 4 is 39.2 Å². The third kappa shape index (κ3) is 6.93. The Balaban J connectivity index is 1.96. The van der Waals surface area contributed by atoms with Crippen LogP contribution in [0.5, 0.6) is 5.75 Å². The van der Waals surface area contributed by atoms with Gasteiger partial charge in [-0.2, -0.15) is 0 Å². The fourth-order valence-electron chi connectivity index (χ4n) is 1.98. The van der Waals surface area contributed by atoms with E-state index in [1.54, 1.807) is 0 Å². The highest BCUT2D eigenvalue weighted by molar-refractivity contribution is 7.89. The maximum atomic E-state index is 12.1. The van der Waals surface area contributed by atoms with Crippen LogP contribution in [0.15, 0.2) is 47.4 Å². The molecule has 0 atom stereocenters. The van der Waals surface area contributed by atoms with Gasteiger partial charge in [-0.3, -0.25) is 4.79 Å². The first-order chi connectivity index (χ1) is 13.3. The first-order valence-electron chi connectivity index (χ1n) is 7.50. The summed E-state index contributed by atoms with van der Waals surface area (Å²) in [5.74, 6) is -2.36. The summed E-state index contributed by atoms with van der Waals surface area (Å²) in [5, 5.41) is 7.14. The Morgan fingerprint density at radius 3 is 2.28 bits per heavy atom. The summed E-state index contributed by atoms with van der Waals surface area (Å²) in [7, 11) is -4.09. The van der Waals surface area contributed by atoms with Crippen LogP contribution in [-0.2, 0) is 19.6 Å². The molecule has 0 saturated carbocycles. The number of carbonyl (C=O) groups is 2. The number of hydrogen-bond donors (Lipinski definition) is 2. The van der Waals surface area contributed by atoms with E-state index < -0.39 is 40.6 Å². The van der Waals surface area contributed by atoms with Crippen LogP contribution in [0, 0.1) is 0 Å². The number of amides is 1. The molecule has 0 bridgehead atoms. The highest BCUT2D eigenvalue weighted by Crippen LogP contribution is 2.24. The van der Waals surface area contributed by atoms with Gasteiger partial charge in [0.15, 0.2) is 6.61 Å². The van der Waals surface area contributed by atoms with Crippen molar-refractivity contribution in [2.45, 2.75) is 11.3 Å². The van der Waals surface area contributed by atoms with Gasteiger partial charge in [-0.05, 0) is 42.5 Å². The molecule has 0 aliphatic rings. The van der Waals surface area contributed by atoms with Gasteiger partial charge < -0.3 is 14.8 Å². The zero-order valence-electron chi connectivity index (χ0n) is 14.2. The number of nitrogens with two attached hydrogens (primary N) is 1. The van der Waals surface area contributed by atoms with Gasteiger partial charge in [-0.15, -0.1) is 13.2 Å². The van der Waals surface area contributed by atoms with Gasteiger partial charge in [0, 0.05) is 5.69 Å². The van der Waals surface area contributed by atoms with E-state index in [2.05, 4.69) is 10.1 Å². The lowest BCUT2D eigenvalue weighted by atomic mass is 10.2. The summed E-state index contributed by atoms with van der Waals surface area (Å²) in [6, 6.07) is 7.37. The minimum Gasteiger partial charge on any atom is -0.452 e. The molecule has 13 heteroatoms. The fraction of sp³-hybridized carbons (Fsp3) is 0.125. The average molecular weight is 453 g/mol. The minimum absolute atomic E-state index is 0.120. The number of carbonyl (C=O) groups excluding carboxylic acids is 2. The number of alkyl halides is 3. The Morgan fingerprint density at radius 2 is 1.72 bits per heavy atom. The molecule has 1 amide bonds. The van der Waals surface area contributed by atoms with Crippen LogP contribution in [-0.4, -0.2) is 33.3 Å². The second-order valence-corrected chi connectivity index (χ2v) is 7.35. The lowest BCUT2D eigenvalue weighted by Crippen LogP contribution is -2.21. The van der Waals surface area contributed by atoms with E-state index in [9.17, 15) is 31.2 Å². The topological polar surface area (TPSA) is 125 Å². The van der Waals surface area contributed by atoms with Crippen molar-refractivity contribution in [3.05, 3.63) is 53.1 Å². The molecular formula is C16H12ClF3N2O6S. The zero-order chi connectivity index (χ0) is 21.8. The second kappa shape index (κ2) is 8.68. The molecular weight excluding hydrogens is 441 g/mol. The molecule has 0 radical (unpaired) electrons. The van der Waals surface area contributed by atoms with Crippen molar-refractivity contribution in [3.8, 4) is 5.75 Å². The van der Waals surface area contributed by atoms with Gasteiger partial charge >= 0.3 is 12.3 Å². The summed E-state index contributed by atoms with van der Waals surface area (Å²) in [5.41, 5.74) is -0.200. The maximum absolute atomic E-state index is 12.1. The molecule has 0 spiro atoms. The Labute approximate surface area is 167 Å². The van der Waals surface area contributed by atoms with Crippen LogP contribution in [0.1, 0.15) is 10.4 Å². The van der Waals surface area contributed by atoms with E-state index >= 15 is 0 Å². The van der Waals surface area contributed by atoms with Gasteiger partial charge in [-0.25, -0.2) is 18.4 Å². The van der Waals surface area contributed by atoms with Crippen LogP contribution in [0.2, 0.25) is 5.02 Å². The third-order valence-corrected chi connectivity index (χ3v) is 4.43. The monoisotopic (exact) mass is 452 g/mol. The van der Waals surface area contributed by atoms with Crippen LogP contribution < -0.4 is 15.2 Å². The van der Waals surface area contributed by atoms with Crippen molar-refractivity contribution in [3.63, 3.8) is 0 Å². The summed E-state index contributed by atoms with van der Waals surface area (Å²) >= 11 is 5.82. The normalized spacial score (nSPS) is 11.6. The van der Waals surface area contributed by atoms with Gasteiger partial charge in [0.1, 0.15) is 5.75 Å². The van der Waals surface area contributed by atoms with E-state index in [0.717, 1.165) is 42.5 Å². The van der Waals surface area contributed by atoms with E-state index in [0.29, 0.717) is 0 Å². The summed E-state index contributed by atoms with van der Waals surface area (Å²) in [4.78, 5) is 23.5. The molecule has 2 rings (SSSR count). The standard InChI is InChI=1S/C16H12ClF3N2O6S/c17-13-6-5-11(29(21,25)26)7-12(13)15(24)27-8-14(23)22-9-1-3-10(4-2-9)28-16(18,19)20/h1-7H,8H2,(H,22,23)(H2,21,25,26). The summed E-state index contributed by atoms with van der Waals surface area (Å²) < 4.78 is 67.4. The molecule has 156 valence electrons. The molecule has 0 fully saturated rings. The third-order valence-electron chi connectivity index (χ3n) is 3.19. The maximum Gasteiger partial charge on any atom is 0.573 e. The van der Waals surface area contributed by atoms with Crippen molar-refractivity contribution in [1.82, 2.24) is 0 Å². The highest BCUT2D eigenvalue weighted by Gasteiger charge is 2.31. The Kier molecular flexibility index (Phi) is 6.72. The molecule has 2 aromatic rings. The first-order valence-corrected chi connectivity index (χ1v) is 9.43. The Morgan fingerprint density at radius 1 is 1.10 bits per heavy atom. The average Bonchev–Trinajstić information content (AvgIpc) is 2.59. The van der Waals surface area contributed by atoms with Crippen LogP contribution >= 0.6 is 11.6 Å². The largest absolute Gasteiger partial charge is 0.573 e. The molecule has 0 aliphatic heterocycles. The molecule has 0 unspecified atom stereocenters. The second-order valence-electron chi connectivity index (χ2n) is 5.38. The molecule has 29 heavy (non-hydrogen) atoms. The fourth-order valence-corrected chi connectivity index (χ4v) is 2.72. The molecule has 8 nitrogen and oxygen atoms in total. The van der Waals surface area contributed by atoms with Crippen molar-refractivity contribution in [1.29, 1.82) is 0 Å². The lowest BCUT2D eigenvalue weighted by Gasteiger charge is -2.10. The molecule has 0 heterocycles. The number of sulfonamides is 1. The number of halogens is 4. The Hall–Kier alpha value is -2.83. The quantitative estimate of drug-likeness (QED) is 0.649. The lowest BCUT2D eigenvalue weighted by molar-refractivity contribution is -0.274. The molecule has 0 aromatic heterocycles. The predicted octanol–water partition coefficient (Wildman–Crippen LogP) is 2.68. The van der Waals surface area contributed by atoms with Gasteiger partial charge in [0.25, 0.3) is 5.91 Å². The number of esters is 1. The molecule has 0 aliphatic carbocycles. The number of ether oxygens (including phenoxy) is 2. The number of anilines is 1. The molecule has 2 aromatic carbocycles. The SMILES string of the molecule is NS(=O)(=O)c1ccc(Cl)c(C(=O)OCC(=O)Nc2ccc(OC(F)(F)F)cc2)c1. The summed E-state index contributed by atoms with van der Waals surface area (Å²) in [6.07, 6.45) is -4.85. The predicted molar refractivity (Wildman–Crippen MR) is 94.9 cm³/mol. The first kappa shape index (κ1) is 22.5. The number of rotatable bonds is 6. The van der Waals surface area contributed by atoms with E-state index in [-0.39, 0.29) is 21.2 Å².